The lowest BCUT2D eigenvalue weighted by atomic mass is 10.0. The van der Waals surface area contributed by atoms with E-state index in [1.54, 1.807) is 9.80 Å². The standard InChI is InChI=1S/C23H26BrN3O4/c24-16-21(28)25-20(15-18-7-3-1-4-8-18)22(29)26-11-13-27(14-12-26)23(30)31-17-19-9-5-2-6-10-19/h1-10,20H,11-17H2,(H,25,28)/t20-/m0/s1. The molecule has 0 radical (unpaired) electrons. The molecule has 0 aliphatic carbocycles. The van der Waals surface area contributed by atoms with E-state index in [1.807, 2.05) is 60.7 Å². The van der Waals surface area contributed by atoms with Gasteiger partial charge in [0.05, 0.1) is 5.33 Å². The molecule has 0 spiro atoms. The van der Waals surface area contributed by atoms with Crippen LogP contribution in [0.4, 0.5) is 4.79 Å². The summed E-state index contributed by atoms with van der Waals surface area (Å²) in [6.45, 7) is 1.80. The zero-order valence-electron chi connectivity index (χ0n) is 17.2. The largest absolute Gasteiger partial charge is 0.445 e. The Morgan fingerprint density at radius 2 is 1.42 bits per heavy atom. The molecule has 1 aliphatic rings. The first kappa shape index (κ1) is 22.8. The van der Waals surface area contributed by atoms with Gasteiger partial charge in [0.1, 0.15) is 12.6 Å². The zero-order valence-corrected chi connectivity index (χ0v) is 18.8. The molecule has 0 unspecified atom stereocenters. The van der Waals surface area contributed by atoms with Crippen molar-refractivity contribution in [2.75, 3.05) is 31.5 Å². The van der Waals surface area contributed by atoms with E-state index in [-0.39, 0.29) is 29.8 Å². The van der Waals surface area contributed by atoms with Crippen molar-refractivity contribution in [3.05, 3.63) is 71.8 Å². The van der Waals surface area contributed by atoms with Crippen LogP contribution in [0.3, 0.4) is 0 Å². The summed E-state index contributed by atoms with van der Waals surface area (Å²) in [4.78, 5) is 40.7. The molecule has 164 valence electrons. The number of hydrogen-bond acceptors (Lipinski definition) is 4. The third-order valence-corrected chi connectivity index (χ3v) is 5.60. The molecule has 1 heterocycles. The van der Waals surface area contributed by atoms with E-state index < -0.39 is 6.04 Å². The van der Waals surface area contributed by atoms with Gasteiger partial charge in [-0.15, -0.1) is 0 Å². The number of ether oxygens (including phenoxy) is 1. The fourth-order valence-corrected chi connectivity index (χ4v) is 3.59. The van der Waals surface area contributed by atoms with Crippen LogP contribution in [0.25, 0.3) is 0 Å². The third kappa shape index (κ3) is 6.82. The van der Waals surface area contributed by atoms with E-state index in [0.717, 1.165) is 11.1 Å². The molecule has 8 heteroatoms. The number of piperazine rings is 1. The Balaban J connectivity index is 1.53. The average Bonchev–Trinajstić information content (AvgIpc) is 2.83. The molecule has 0 saturated carbocycles. The Morgan fingerprint density at radius 1 is 0.871 bits per heavy atom. The maximum absolute atomic E-state index is 13.1. The summed E-state index contributed by atoms with van der Waals surface area (Å²) in [5.74, 6) is -0.382. The van der Waals surface area contributed by atoms with E-state index in [1.165, 1.54) is 0 Å². The number of carbonyl (C=O) groups is 3. The van der Waals surface area contributed by atoms with Crippen molar-refractivity contribution in [3.63, 3.8) is 0 Å². The Bertz CT molecular complexity index is 871. The van der Waals surface area contributed by atoms with Crippen LogP contribution < -0.4 is 5.32 Å². The summed E-state index contributed by atoms with van der Waals surface area (Å²) in [5, 5.41) is 2.93. The lowest BCUT2D eigenvalue weighted by Gasteiger charge is -2.36. The number of rotatable bonds is 7. The summed E-state index contributed by atoms with van der Waals surface area (Å²) >= 11 is 3.13. The summed E-state index contributed by atoms with van der Waals surface area (Å²) in [6, 6.07) is 18.4. The molecule has 31 heavy (non-hydrogen) atoms. The number of benzene rings is 2. The van der Waals surface area contributed by atoms with Crippen molar-refractivity contribution in [2.45, 2.75) is 19.1 Å². The second kappa shape index (κ2) is 11.5. The molecular weight excluding hydrogens is 462 g/mol. The summed E-state index contributed by atoms with van der Waals surface area (Å²) in [6.07, 6.45) is 0.0296. The van der Waals surface area contributed by atoms with Crippen LogP contribution in [0.15, 0.2) is 60.7 Å². The van der Waals surface area contributed by atoms with Crippen LogP contribution in [0.1, 0.15) is 11.1 Å². The molecule has 1 N–H and O–H groups in total. The first-order chi connectivity index (χ1) is 15.1. The van der Waals surface area contributed by atoms with Gasteiger partial charge in [0.25, 0.3) is 0 Å². The summed E-state index contributed by atoms with van der Waals surface area (Å²) in [7, 11) is 0. The second-order valence-electron chi connectivity index (χ2n) is 7.30. The number of hydrogen-bond donors (Lipinski definition) is 1. The monoisotopic (exact) mass is 487 g/mol. The highest BCUT2D eigenvalue weighted by Gasteiger charge is 2.30. The number of nitrogens with one attached hydrogen (secondary N) is 1. The molecular formula is C23H26BrN3O4. The fraction of sp³-hybridized carbons (Fsp3) is 0.348. The van der Waals surface area contributed by atoms with Gasteiger partial charge in [-0.1, -0.05) is 76.6 Å². The molecule has 1 saturated heterocycles. The SMILES string of the molecule is O=C(CBr)N[C@@H](Cc1ccccc1)C(=O)N1CCN(C(=O)OCc2ccccc2)CC1. The van der Waals surface area contributed by atoms with Gasteiger partial charge in [-0.05, 0) is 11.1 Å². The highest BCUT2D eigenvalue weighted by atomic mass is 79.9. The average molecular weight is 488 g/mol. The van der Waals surface area contributed by atoms with Crippen molar-refractivity contribution in [1.29, 1.82) is 0 Å². The summed E-state index contributed by atoms with van der Waals surface area (Å²) < 4.78 is 5.38. The van der Waals surface area contributed by atoms with Gasteiger partial charge in [0.15, 0.2) is 0 Å². The molecule has 2 aromatic carbocycles. The predicted octanol–water partition coefficient (Wildman–Crippen LogP) is 2.59. The predicted molar refractivity (Wildman–Crippen MR) is 121 cm³/mol. The normalized spacial score (nSPS) is 14.6. The van der Waals surface area contributed by atoms with Crippen molar-refractivity contribution in [1.82, 2.24) is 15.1 Å². The van der Waals surface area contributed by atoms with Crippen LogP contribution >= 0.6 is 15.9 Å². The van der Waals surface area contributed by atoms with Crippen LogP contribution in [-0.4, -0.2) is 65.3 Å². The number of carbonyl (C=O) groups excluding carboxylic acids is 3. The quantitative estimate of drug-likeness (QED) is 0.608. The van der Waals surface area contributed by atoms with Gasteiger partial charge < -0.3 is 19.9 Å². The highest BCUT2D eigenvalue weighted by Crippen LogP contribution is 2.11. The maximum atomic E-state index is 13.1. The third-order valence-electron chi connectivity index (χ3n) is 5.09. The van der Waals surface area contributed by atoms with Crippen molar-refractivity contribution in [2.24, 2.45) is 0 Å². The molecule has 0 aromatic heterocycles. The second-order valence-corrected chi connectivity index (χ2v) is 7.86. The van der Waals surface area contributed by atoms with Crippen LogP contribution in [0.5, 0.6) is 0 Å². The van der Waals surface area contributed by atoms with E-state index in [9.17, 15) is 14.4 Å². The van der Waals surface area contributed by atoms with Gasteiger partial charge in [-0.2, -0.15) is 0 Å². The van der Waals surface area contributed by atoms with Crippen molar-refractivity contribution in [3.8, 4) is 0 Å². The fourth-order valence-electron chi connectivity index (χ4n) is 3.42. The van der Waals surface area contributed by atoms with Gasteiger partial charge in [0.2, 0.25) is 11.8 Å². The molecule has 1 fully saturated rings. The molecule has 2 aromatic rings. The van der Waals surface area contributed by atoms with Crippen molar-refractivity contribution >= 4 is 33.8 Å². The maximum Gasteiger partial charge on any atom is 0.410 e. The molecule has 1 atom stereocenters. The minimum Gasteiger partial charge on any atom is -0.445 e. The minimum atomic E-state index is -0.649. The first-order valence-electron chi connectivity index (χ1n) is 10.2. The Morgan fingerprint density at radius 3 is 2.00 bits per heavy atom. The molecule has 0 bridgehead atoms. The Labute approximate surface area is 190 Å². The Kier molecular flexibility index (Phi) is 8.46. The van der Waals surface area contributed by atoms with Crippen LogP contribution in [0, 0.1) is 0 Å². The number of nitrogens with zero attached hydrogens (tertiary/aromatic N) is 2. The van der Waals surface area contributed by atoms with E-state index in [0.29, 0.717) is 32.6 Å². The molecule has 1 aliphatic heterocycles. The lowest BCUT2D eigenvalue weighted by molar-refractivity contribution is -0.137. The van der Waals surface area contributed by atoms with Gasteiger partial charge >= 0.3 is 6.09 Å². The van der Waals surface area contributed by atoms with Crippen LogP contribution in [0.2, 0.25) is 0 Å². The van der Waals surface area contributed by atoms with Crippen molar-refractivity contribution < 1.29 is 19.1 Å². The number of halogens is 1. The topological polar surface area (TPSA) is 79.0 Å². The minimum absolute atomic E-state index is 0.132. The number of alkyl halides is 1. The van der Waals surface area contributed by atoms with E-state index in [2.05, 4.69) is 21.2 Å². The lowest BCUT2D eigenvalue weighted by Crippen LogP contribution is -2.56. The number of amides is 3. The smallest absolute Gasteiger partial charge is 0.410 e. The van der Waals surface area contributed by atoms with E-state index in [4.69, 9.17) is 4.74 Å². The molecule has 3 rings (SSSR count). The van der Waals surface area contributed by atoms with Gasteiger partial charge in [-0.3, -0.25) is 9.59 Å². The Hall–Kier alpha value is -2.87. The molecule has 7 nitrogen and oxygen atoms in total. The molecule has 3 amide bonds. The summed E-state index contributed by atoms with van der Waals surface area (Å²) in [5.41, 5.74) is 1.90. The zero-order chi connectivity index (χ0) is 22.1. The first-order valence-corrected chi connectivity index (χ1v) is 11.3. The van der Waals surface area contributed by atoms with Gasteiger partial charge in [0, 0.05) is 32.6 Å². The highest BCUT2D eigenvalue weighted by molar-refractivity contribution is 9.09. The van der Waals surface area contributed by atoms with Gasteiger partial charge in [-0.25, -0.2) is 4.79 Å². The van der Waals surface area contributed by atoms with Crippen LogP contribution in [-0.2, 0) is 27.4 Å². The van der Waals surface area contributed by atoms with E-state index >= 15 is 0 Å².